The van der Waals surface area contributed by atoms with Crippen LogP contribution in [-0.2, 0) is 16.4 Å². The summed E-state index contributed by atoms with van der Waals surface area (Å²) in [5.41, 5.74) is 1.50. The zero-order chi connectivity index (χ0) is 22.2. The second-order valence-electron chi connectivity index (χ2n) is 6.84. The van der Waals surface area contributed by atoms with E-state index in [1.54, 1.807) is 36.4 Å². The van der Waals surface area contributed by atoms with Crippen molar-refractivity contribution >= 4 is 54.0 Å². The van der Waals surface area contributed by atoms with Crippen LogP contribution in [-0.4, -0.2) is 25.6 Å². The number of furan rings is 1. The van der Waals surface area contributed by atoms with Crippen LogP contribution in [0.1, 0.15) is 21.9 Å². The van der Waals surface area contributed by atoms with Gasteiger partial charge in [0, 0.05) is 11.3 Å². The van der Waals surface area contributed by atoms with E-state index in [2.05, 4.69) is 10.3 Å². The van der Waals surface area contributed by atoms with Gasteiger partial charge in [-0.2, -0.15) is 0 Å². The van der Waals surface area contributed by atoms with Crippen molar-refractivity contribution in [3.63, 3.8) is 0 Å². The number of nitrogens with zero attached hydrogens (tertiary/aromatic N) is 1. The highest BCUT2D eigenvalue weighted by molar-refractivity contribution is 7.90. The van der Waals surface area contributed by atoms with Gasteiger partial charge in [-0.15, -0.1) is 0 Å². The van der Waals surface area contributed by atoms with Crippen molar-refractivity contribution in [3.8, 4) is 5.75 Å². The molecule has 7 nitrogen and oxygen atoms in total. The molecule has 2 aromatic carbocycles. The summed E-state index contributed by atoms with van der Waals surface area (Å²) in [6.07, 6.45) is 1.14. The van der Waals surface area contributed by atoms with Crippen molar-refractivity contribution in [2.75, 3.05) is 11.6 Å². The Morgan fingerprint density at radius 1 is 1.19 bits per heavy atom. The minimum Gasteiger partial charge on any atom is -0.486 e. The first-order valence-corrected chi connectivity index (χ1v) is 12.2. The van der Waals surface area contributed by atoms with E-state index in [4.69, 9.17) is 20.8 Å². The van der Waals surface area contributed by atoms with Crippen molar-refractivity contribution in [2.24, 2.45) is 0 Å². The smallest absolute Gasteiger partial charge is 0.293 e. The molecule has 10 heteroatoms. The molecule has 0 spiro atoms. The zero-order valence-corrected chi connectivity index (χ0v) is 18.9. The number of aryl methyl sites for hydroxylation is 1. The Morgan fingerprint density at radius 3 is 2.74 bits per heavy atom. The first-order valence-electron chi connectivity index (χ1n) is 9.09. The van der Waals surface area contributed by atoms with Crippen LogP contribution in [0.25, 0.3) is 10.2 Å². The first kappa shape index (κ1) is 21.4. The first-order chi connectivity index (χ1) is 14.7. The van der Waals surface area contributed by atoms with Gasteiger partial charge in [-0.1, -0.05) is 22.9 Å². The summed E-state index contributed by atoms with van der Waals surface area (Å²) >= 11 is 7.19. The number of halogens is 1. The average molecular weight is 477 g/mol. The molecule has 0 bridgehead atoms. The van der Waals surface area contributed by atoms with E-state index in [1.807, 2.05) is 13.0 Å². The average Bonchev–Trinajstić information content (AvgIpc) is 3.34. The fraction of sp³-hybridized carbons (Fsp3) is 0.143. The number of thiazole rings is 1. The zero-order valence-electron chi connectivity index (χ0n) is 16.5. The van der Waals surface area contributed by atoms with E-state index in [0.717, 1.165) is 11.8 Å². The molecule has 4 aromatic rings. The molecule has 2 heterocycles. The van der Waals surface area contributed by atoms with Gasteiger partial charge in [-0.25, -0.2) is 13.4 Å². The lowest BCUT2D eigenvalue weighted by atomic mass is 10.2. The number of anilines is 1. The fourth-order valence-corrected chi connectivity index (χ4v) is 4.53. The molecule has 31 heavy (non-hydrogen) atoms. The molecule has 4 rings (SSSR count). The maximum atomic E-state index is 12.5. The molecular weight excluding hydrogens is 460 g/mol. The van der Waals surface area contributed by atoms with Gasteiger partial charge in [0.25, 0.3) is 5.91 Å². The Morgan fingerprint density at radius 2 is 2.00 bits per heavy atom. The van der Waals surface area contributed by atoms with Crippen LogP contribution in [0.2, 0.25) is 5.02 Å². The highest BCUT2D eigenvalue weighted by Gasteiger charge is 2.16. The number of aromatic nitrogens is 1. The standard InChI is InChI=1S/C21H17ClN2O5S2/c1-12-9-13(3-6-16(12)22)28-11-14-4-8-18(29-14)20(25)24-21-23-17-7-5-15(31(2,26)27)10-19(17)30-21/h3-10H,11H2,1-2H3,(H,23,24,25). The molecule has 0 atom stereocenters. The lowest BCUT2D eigenvalue weighted by Gasteiger charge is -2.06. The van der Waals surface area contributed by atoms with Gasteiger partial charge in [0.05, 0.1) is 15.1 Å². The highest BCUT2D eigenvalue weighted by Crippen LogP contribution is 2.29. The van der Waals surface area contributed by atoms with Gasteiger partial charge < -0.3 is 9.15 Å². The van der Waals surface area contributed by atoms with Crippen LogP contribution in [0.4, 0.5) is 5.13 Å². The Bertz CT molecular complexity index is 1390. The van der Waals surface area contributed by atoms with Crippen molar-refractivity contribution < 1.29 is 22.4 Å². The van der Waals surface area contributed by atoms with Gasteiger partial charge in [-0.3, -0.25) is 10.1 Å². The highest BCUT2D eigenvalue weighted by atomic mass is 35.5. The summed E-state index contributed by atoms with van der Waals surface area (Å²) in [6, 6.07) is 13.2. The number of hydrogen-bond donors (Lipinski definition) is 1. The SMILES string of the molecule is Cc1cc(OCc2ccc(C(=O)Nc3nc4ccc(S(C)(=O)=O)cc4s3)o2)ccc1Cl. The van der Waals surface area contributed by atoms with Crippen molar-refractivity contribution in [3.05, 3.63) is 70.6 Å². The molecule has 0 radical (unpaired) electrons. The Kier molecular flexibility index (Phi) is 5.74. The maximum Gasteiger partial charge on any atom is 0.293 e. The number of carbonyl (C=O) groups is 1. The van der Waals surface area contributed by atoms with Crippen LogP contribution in [0.3, 0.4) is 0 Å². The number of amides is 1. The summed E-state index contributed by atoms with van der Waals surface area (Å²) in [7, 11) is -3.32. The van der Waals surface area contributed by atoms with Gasteiger partial charge in [0.2, 0.25) is 0 Å². The monoisotopic (exact) mass is 476 g/mol. The molecule has 2 aromatic heterocycles. The van der Waals surface area contributed by atoms with E-state index >= 15 is 0 Å². The summed E-state index contributed by atoms with van der Waals surface area (Å²) < 4.78 is 35.3. The number of sulfone groups is 1. The number of rotatable bonds is 6. The molecule has 0 aliphatic rings. The summed E-state index contributed by atoms with van der Waals surface area (Å²) in [4.78, 5) is 17.0. The molecule has 0 unspecified atom stereocenters. The third-order valence-corrected chi connectivity index (χ3v) is 6.87. The van der Waals surface area contributed by atoms with E-state index in [9.17, 15) is 13.2 Å². The molecule has 1 amide bonds. The van der Waals surface area contributed by atoms with Crippen LogP contribution < -0.4 is 10.1 Å². The van der Waals surface area contributed by atoms with E-state index in [1.165, 1.54) is 17.4 Å². The molecule has 0 saturated heterocycles. The number of hydrogen-bond acceptors (Lipinski definition) is 7. The predicted molar refractivity (Wildman–Crippen MR) is 120 cm³/mol. The van der Waals surface area contributed by atoms with Crippen LogP contribution in [0.15, 0.2) is 57.8 Å². The maximum absolute atomic E-state index is 12.5. The van der Waals surface area contributed by atoms with Crippen LogP contribution in [0, 0.1) is 6.92 Å². The van der Waals surface area contributed by atoms with E-state index in [-0.39, 0.29) is 17.3 Å². The quantitative estimate of drug-likeness (QED) is 0.416. The van der Waals surface area contributed by atoms with Gasteiger partial charge in [0.15, 0.2) is 20.7 Å². The Labute approximate surface area is 187 Å². The normalized spacial score (nSPS) is 11.6. The van der Waals surface area contributed by atoms with Crippen molar-refractivity contribution in [1.29, 1.82) is 0 Å². The summed E-state index contributed by atoms with van der Waals surface area (Å²) in [5, 5.41) is 3.68. The topological polar surface area (TPSA) is 98.5 Å². The molecule has 0 fully saturated rings. The Balaban J connectivity index is 1.43. The minimum absolute atomic E-state index is 0.113. The van der Waals surface area contributed by atoms with Crippen LogP contribution >= 0.6 is 22.9 Å². The third kappa shape index (κ3) is 4.90. The van der Waals surface area contributed by atoms with E-state index in [0.29, 0.717) is 31.9 Å². The molecule has 0 aliphatic carbocycles. The van der Waals surface area contributed by atoms with Crippen LogP contribution in [0.5, 0.6) is 5.75 Å². The molecule has 160 valence electrons. The Hall–Kier alpha value is -2.88. The summed E-state index contributed by atoms with van der Waals surface area (Å²) in [6.45, 7) is 2.04. The molecular formula is C21H17ClN2O5S2. The number of ether oxygens (including phenoxy) is 1. The summed E-state index contributed by atoms with van der Waals surface area (Å²) in [5.74, 6) is 0.782. The lowest BCUT2D eigenvalue weighted by molar-refractivity contribution is 0.0992. The molecule has 0 aliphatic heterocycles. The fourth-order valence-electron chi connectivity index (χ4n) is 2.79. The van der Waals surface area contributed by atoms with Gasteiger partial charge >= 0.3 is 0 Å². The largest absolute Gasteiger partial charge is 0.486 e. The number of nitrogens with one attached hydrogen (secondary N) is 1. The van der Waals surface area contributed by atoms with Crippen molar-refractivity contribution in [1.82, 2.24) is 4.98 Å². The minimum atomic E-state index is -3.32. The number of benzene rings is 2. The third-order valence-electron chi connectivity index (χ3n) is 4.40. The lowest BCUT2D eigenvalue weighted by Crippen LogP contribution is -2.10. The van der Waals surface area contributed by atoms with Gasteiger partial charge in [-0.05, 0) is 61.0 Å². The molecule has 0 saturated carbocycles. The second-order valence-corrected chi connectivity index (χ2v) is 10.3. The van der Waals surface area contributed by atoms with Crippen molar-refractivity contribution in [2.45, 2.75) is 18.4 Å². The van der Waals surface area contributed by atoms with E-state index < -0.39 is 15.7 Å². The number of fused-ring (bicyclic) bond motifs is 1. The number of carbonyl (C=O) groups excluding carboxylic acids is 1. The predicted octanol–water partition coefficient (Wildman–Crippen LogP) is 5.09. The second kappa shape index (κ2) is 8.33. The molecule has 1 N–H and O–H groups in total. The van der Waals surface area contributed by atoms with Gasteiger partial charge in [0.1, 0.15) is 18.1 Å².